The molecule has 6 nitrogen and oxygen atoms in total. The highest BCUT2D eigenvalue weighted by molar-refractivity contribution is 9.11. The van der Waals surface area contributed by atoms with Crippen molar-refractivity contribution in [3.05, 3.63) is 44.6 Å². The van der Waals surface area contributed by atoms with Crippen molar-refractivity contribution in [3.8, 4) is 17.2 Å². The smallest absolute Gasteiger partial charge is 0.331 e. The summed E-state index contributed by atoms with van der Waals surface area (Å²) in [5.74, 6) is 0.625. The first-order chi connectivity index (χ1) is 12.5. The molecule has 1 heterocycles. The van der Waals surface area contributed by atoms with Crippen LogP contribution in [0.25, 0.3) is 6.08 Å². The minimum absolute atomic E-state index is 0.258. The SMILES string of the molecule is COc1cc(OC)c(OC)cc1/C=C/C(=O)OCC(=O)c1ccc(Br)s1. The fourth-order valence-electron chi connectivity index (χ4n) is 2.06. The summed E-state index contributed by atoms with van der Waals surface area (Å²) in [6, 6.07) is 6.77. The highest BCUT2D eigenvalue weighted by Crippen LogP contribution is 2.35. The molecule has 0 unspecified atom stereocenters. The summed E-state index contributed by atoms with van der Waals surface area (Å²) >= 11 is 4.57. The Labute approximate surface area is 163 Å². The Morgan fingerprint density at radius 1 is 1.04 bits per heavy atom. The predicted octanol–water partition coefficient (Wildman–Crippen LogP) is 3.98. The highest BCUT2D eigenvalue weighted by atomic mass is 79.9. The summed E-state index contributed by atoms with van der Waals surface area (Å²) in [4.78, 5) is 24.3. The maximum absolute atomic E-state index is 11.9. The topological polar surface area (TPSA) is 71.1 Å². The molecule has 2 rings (SSSR count). The maximum atomic E-state index is 11.9. The van der Waals surface area contributed by atoms with Crippen LogP contribution in [0.4, 0.5) is 0 Å². The molecule has 2 aromatic rings. The van der Waals surface area contributed by atoms with Gasteiger partial charge in [0.2, 0.25) is 5.78 Å². The number of rotatable bonds is 8. The summed E-state index contributed by atoms with van der Waals surface area (Å²) in [5.41, 5.74) is 0.607. The Kier molecular flexibility index (Phi) is 7.23. The summed E-state index contributed by atoms with van der Waals surface area (Å²) in [5, 5.41) is 0. The average Bonchev–Trinajstić information content (AvgIpc) is 3.09. The molecule has 0 fully saturated rings. The normalized spacial score (nSPS) is 10.6. The van der Waals surface area contributed by atoms with Crippen molar-refractivity contribution in [2.24, 2.45) is 0 Å². The quantitative estimate of drug-likeness (QED) is 0.351. The van der Waals surface area contributed by atoms with E-state index in [1.54, 1.807) is 24.3 Å². The third kappa shape index (κ3) is 5.09. The molecule has 0 bridgehead atoms. The van der Waals surface area contributed by atoms with E-state index in [-0.39, 0.29) is 12.4 Å². The number of carbonyl (C=O) groups excluding carboxylic acids is 2. The van der Waals surface area contributed by atoms with Crippen molar-refractivity contribution in [3.63, 3.8) is 0 Å². The monoisotopic (exact) mass is 440 g/mol. The van der Waals surface area contributed by atoms with Crippen molar-refractivity contribution >= 4 is 45.1 Å². The standard InChI is InChI=1S/C18H17BrO6S/c1-22-13-9-15(24-3)14(23-2)8-11(13)4-7-18(21)25-10-12(20)16-5-6-17(19)26-16/h4-9H,10H2,1-3H3/b7-4+. The fraction of sp³-hybridized carbons (Fsp3) is 0.222. The highest BCUT2D eigenvalue weighted by Gasteiger charge is 2.12. The molecule has 0 radical (unpaired) electrons. The van der Waals surface area contributed by atoms with Gasteiger partial charge in [-0.2, -0.15) is 0 Å². The predicted molar refractivity (Wildman–Crippen MR) is 102 cm³/mol. The Bertz CT molecular complexity index is 827. The van der Waals surface area contributed by atoms with Gasteiger partial charge in [-0.05, 0) is 40.2 Å². The molecule has 0 saturated heterocycles. The second kappa shape index (κ2) is 9.40. The number of esters is 1. The number of hydrogen-bond acceptors (Lipinski definition) is 7. The number of Topliss-reactive ketones (excluding diaryl/α,β-unsaturated/α-hetero) is 1. The lowest BCUT2D eigenvalue weighted by atomic mass is 10.1. The molecule has 0 atom stereocenters. The van der Waals surface area contributed by atoms with Crippen LogP contribution in [0.3, 0.4) is 0 Å². The Balaban J connectivity index is 2.04. The number of halogens is 1. The lowest BCUT2D eigenvalue weighted by Gasteiger charge is -2.12. The van der Waals surface area contributed by atoms with E-state index >= 15 is 0 Å². The van der Waals surface area contributed by atoms with Gasteiger partial charge in [0.05, 0.1) is 30.0 Å². The molecule has 0 aliphatic carbocycles. The number of ketones is 1. The largest absolute Gasteiger partial charge is 0.496 e. The number of benzene rings is 1. The van der Waals surface area contributed by atoms with E-state index in [1.165, 1.54) is 44.8 Å². The summed E-state index contributed by atoms with van der Waals surface area (Å²) in [6.07, 6.45) is 2.75. The Hall–Kier alpha value is -2.32. The van der Waals surface area contributed by atoms with Crippen LogP contribution < -0.4 is 14.2 Å². The second-order valence-electron chi connectivity index (χ2n) is 4.92. The summed E-state index contributed by atoms with van der Waals surface area (Å²) < 4.78 is 21.5. The van der Waals surface area contributed by atoms with Crippen molar-refractivity contribution in [2.45, 2.75) is 0 Å². The van der Waals surface area contributed by atoms with Crippen molar-refractivity contribution in [2.75, 3.05) is 27.9 Å². The van der Waals surface area contributed by atoms with Crippen LogP contribution >= 0.6 is 27.3 Å². The van der Waals surface area contributed by atoms with Crippen LogP contribution in [0.15, 0.2) is 34.1 Å². The van der Waals surface area contributed by atoms with Crippen molar-refractivity contribution < 1.29 is 28.5 Å². The molecular formula is C18H17BrO6S. The number of carbonyl (C=O) groups is 2. The molecule has 138 valence electrons. The number of thiophene rings is 1. The molecule has 0 saturated carbocycles. The van der Waals surface area contributed by atoms with Gasteiger partial charge < -0.3 is 18.9 Å². The zero-order valence-electron chi connectivity index (χ0n) is 14.4. The van der Waals surface area contributed by atoms with Crippen LogP contribution in [0, 0.1) is 0 Å². The minimum atomic E-state index is -0.634. The van der Waals surface area contributed by atoms with Gasteiger partial charge >= 0.3 is 5.97 Å². The van der Waals surface area contributed by atoms with Crippen LogP contribution in [0.2, 0.25) is 0 Å². The van der Waals surface area contributed by atoms with E-state index in [0.717, 1.165) is 3.79 Å². The molecule has 1 aromatic heterocycles. The lowest BCUT2D eigenvalue weighted by molar-refractivity contribution is -0.136. The van der Waals surface area contributed by atoms with Gasteiger partial charge in [0.1, 0.15) is 5.75 Å². The van der Waals surface area contributed by atoms with E-state index in [1.807, 2.05) is 0 Å². The molecule has 1 aromatic carbocycles. The zero-order valence-corrected chi connectivity index (χ0v) is 16.8. The average molecular weight is 441 g/mol. The van der Waals surface area contributed by atoms with Gasteiger partial charge in [0.25, 0.3) is 0 Å². The fourth-order valence-corrected chi connectivity index (χ4v) is 3.37. The van der Waals surface area contributed by atoms with Crippen LogP contribution in [0.1, 0.15) is 15.2 Å². The summed E-state index contributed by atoms with van der Waals surface area (Å²) in [7, 11) is 4.54. The zero-order chi connectivity index (χ0) is 19.1. The molecule has 26 heavy (non-hydrogen) atoms. The van der Waals surface area contributed by atoms with Crippen molar-refractivity contribution in [1.82, 2.24) is 0 Å². The molecular weight excluding hydrogens is 424 g/mol. The first-order valence-corrected chi connectivity index (χ1v) is 9.02. The second-order valence-corrected chi connectivity index (χ2v) is 7.38. The van der Waals surface area contributed by atoms with Gasteiger partial charge in [-0.15, -0.1) is 11.3 Å². The lowest BCUT2D eigenvalue weighted by Crippen LogP contribution is -2.11. The first-order valence-electron chi connectivity index (χ1n) is 7.42. The Morgan fingerprint density at radius 2 is 1.69 bits per heavy atom. The van der Waals surface area contributed by atoms with Crippen LogP contribution in [-0.2, 0) is 9.53 Å². The first kappa shape index (κ1) is 20.0. The van der Waals surface area contributed by atoms with E-state index in [9.17, 15) is 9.59 Å². The van der Waals surface area contributed by atoms with Gasteiger partial charge in [-0.3, -0.25) is 4.79 Å². The van der Waals surface area contributed by atoms with Gasteiger partial charge in [0, 0.05) is 17.7 Å². The van der Waals surface area contributed by atoms with Crippen LogP contribution in [-0.4, -0.2) is 39.7 Å². The van der Waals surface area contributed by atoms with E-state index in [4.69, 9.17) is 18.9 Å². The Morgan fingerprint density at radius 3 is 2.27 bits per heavy atom. The van der Waals surface area contributed by atoms with E-state index in [0.29, 0.717) is 27.7 Å². The van der Waals surface area contributed by atoms with Crippen LogP contribution in [0.5, 0.6) is 17.2 Å². The number of methoxy groups -OCH3 is 3. The number of ether oxygens (including phenoxy) is 4. The maximum Gasteiger partial charge on any atom is 0.331 e. The molecule has 0 N–H and O–H groups in total. The third-order valence-corrected chi connectivity index (χ3v) is 4.99. The molecule has 0 aliphatic heterocycles. The van der Waals surface area contributed by atoms with Gasteiger partial charge in [-0.1, -0.05) is 0 Å². The van der Waals surface area contributed by atoms with E-state index < -0.39 is 5.97 Å². The van der Waals surface area contributed by atoms with Gasteiger partial charge in [0.15, 0.2) is 18.1 Å². The molecule has 8 heteroatoms. The summed E-state index contributed by atoms with van der Waals surface area (Å²) in [6.45, 7) is -0.320. The minimum Gasteiger partial charge on any atom is -0.496 e. The van der Waals surface area contributed by atoms with Gasteiger partial charge in [-0.25, -0.2) is 4.79 Å². The third-order valence-electron chi connectivity index (χ3n) is 3.33. The van der Waals surface area contributed by atoms with Crippen molar-refractivity contribution in [1.29, 1.82) is 0 Å². The molecule has 0 amide bonds. The number of hydrogen-bond donors (Lipinski definition) is 0. The molecule has 0 spiro atoms. The molecule has 0 aliphatic rings. The van der Waals surface area contributed by atoms with E-state index in [2.05, 4.69) is 15.9 Å².